The van der Waals surface area contributed by atoms with Crippen molar-refractivity contribution in [1.82, 2.24) is 5.32 Å². The molecule has 0 amide bonds. The first-order valence-electron chi connectivity index (χ1n) is 6.12. The van der Waals surface area contributed by atoms with E-state index in [9.17, 15) is 0 Å². The Morgan fingerprint density at radius 3 is 2.29 bits per heavy atom. The molecule has 0 bridgehead atoms. The van der Waals surface area contributed by atoms with Crippen LogP contribution in [0.2, 0.25) is 0 Å². The quantitative estimate of drug-likeness (QED) is 0.797. The van der Waals surface area contributed by atoms with Gasteiger partial charge < -0.3 is 15.8 Å². The molecule has 0 aromatic heterocycles. The molecular weight excluding hydrogens is 212 g/mol. The van der Waals surface area contributed by atoms with Gasteiger partial charge in [-0.15, -0.1) is 0 Å². The summed E-state index contributed by atoms with van der Waals surface area (Å²) in [5.41, 5.74) is 7.07. The van der Waals surface area contributed by atoms with Gasteiger partial charge in [-0.25, -0.2) is 0 Å². The Balaban J connectivity index is 2.66. The molecule has 1 rings (SSSR count). The van der Waals surface area contributed by atoms with E-state index in [1.807, 2.05) is 26.0 Å². The maximum absolute atomic E-state index is 5.98. The van der Waals surface area contributed by atoms with Gasteiger partial charge in [-0.05, 0) is 38.0 Å². The number of benzene rings is 1. The number of methoxy groups -OCH3 is 1. The molecule has 0 fully saturated rings. The van der Waals surface area contributed by atoms with Gasteiger partial charge in [-0.3, -0.25) is 0 Å². The van der Waals surface area contributed by atoms with E-state index in [2.05, 4.69) is 24.4 Å². The first-order chi connectivity index (χ1) is 7.96. The molecule has 3 heteroatoms. The zero-order valence-corrected chi connectivity index (χ0v) is 11.3. The van der Waals surface area contributed by atoms with Crippen molar-refractivity contribution in [3.05, 3.63) is 29.8 Å². The average Bonchev–Trinajstić information content (AvgIpc) is 2.29. The highest BCUT2D eigenvalue weighted by Crippen LogP contribution is 2.20. The lowest BCUT2D eigenvalue weighted by molar-refractivity contribution is 0.409. The lowest BCUT2D eigenvalue weighted by atomic mass is 10.0. The van der Waals surface area contributed by atoms with Crippen LogP contribution in [0.1, 0.15) is 38.8 Å². The maximum Gasteiger partial charge on any atom is 0.118 e. The third kappa shape index (κ3) is 4.75. The lowest BCUT2D eigenvalue weighted by Crippen LogP contribution is -2.44. The molecule has 0 spiro atoms. The molecule has 0 radical (unpaired) electrons. The molecule has 3 nitrogen and oxygen atoms in total. The van der Waals surface area contributed by atoms with E-state index in [1.54, 1.807) is 7.11 Å². The summed E-state index contributed by atoms with van der Waals surface area (Å²) in [5, 5.41) is 3.50. The standard InChI is InChI=1S/C14H24N2O/c1-5-13(16-10-14(2,3)15)11-6-8-12(17-4)9-7-11/h6-9,13,16H,5,10,15H2,1-4H3. The third-order valence-electron chi connectivity index (χ3n) is 2.73. The van der Waals surface area contributed by atoms with Gasteiger partial charge in [-0.2, -0.15) is 0 Å². The van der Waals surface area contributed by atoms with Crippen molar-refractivity contribution in [2.24, 2.45) is 5.73 Å². The van der Waals surface area contributed by atoms with Gasteiger partial charge in [0.15, 0.2) is 0 Å². The number of nitrogens with two attached hydrogens (primary N) is 1. The van der Waals surface area contributed by atoms with Gasteiger partial charge >= 0.3 is 0 Å². The predicted molar refractivity (Wildman–Crippen MR) is 72.3 cm³/mol. The number of hydrogen-bond donors (Lipinski definition) is 2. The minimum absolute atomic E-state index is 0.181. The zero-order chi connectivity index (χ0) is 12.9. The molecule has 1 atom stereocenters. The second-order valence-electron chi connectivity index (χ2n) is 5.10. The largest absolute Gasteiger partial charge is 0.497 e. The Kier molecular flexibility index (Phi) is 4.97. The van der Waals surface area contributed by atoms with Crippen molar-refractivity contribution in [3.63, 3.8) is 0 Å². The first kappa shape index (κ1) is 14.0. The fourth-order valence-corrected chi connectivity index (χ4v) is 1.72. The van der Waals surface area contributed by atoms with Gasteiger partial charge in [0.2, 0.25) is 0 Å². The Morgan fingerprint density at radius 1 is 1.29 bits per heavy atom. The molecule has 3 N–H and O–H groups in total. The fraction of sp³-hybridized carbons (Fsp3) is 0.571. The monoisotopic (exact) mass is 236 g/mol. The average molecular weight is 236 g/mol. The summed E-state index contributed by atoms with van der Waals surface area (Å²) in [7, 11) is 1.68. The summed E-state index contributed by atoms with van der Waals surface area (Å²) in [4.78, 5) is 0. The lowest BCUT2D eigenvalue weighted by Gasteiger charge is -2.24. The molecule has 1 aromatic rings. The van der Waals surface area contributed by atoms with Crippen molar-refractivity contribution in [2.45, 2.75) is 38.8 Å². The van der Waals surface area contributed by atoms with Crippen molar-refractivity contribution < 1.29 is 4.74 Å². The van der Waals surface area contributed by atoms with Crippen LogP contribution in [0.5, 0.6) is 5.75 Å². The number of nitrogens with one attached hydrogen (secondary N) is 1. The minimum Gasteiger partial charge on any atom is -0.497 e. The highest BCUT2D eigenvalue weighted by Gasteiger charge is 2.14. The summed E-state index contributed by atoms with van der Waals surface area (Å²) in [6.07, 6.45) is 1.04. The van der Waals surface area contributed by atoms with Gasteiger partial charge in [-0.1, -0.05) is 19.1 Å². The normalized spacial score (nSPS) is 13.5. The van der Waals surface area contributed by atoms with Gasteiger partial charge in [0, 0.05) is 18.1 Å². The molecule has 17 heavy (non-hydrogen) atoms. The van der Waals surface area contributed by atoms with Crippen molar-refractivity contribution >= 4 is 0 Å². The maximum atomic E-state index is 5.98. The van der Waals surface area contributed by atoms with Crippen LogP contribution in [-0.4, -0.2) is 19.2 Å². The van der Waals surface area contributed by atoms with E-state index in [0.29, 0.717) is 6.04 Å². The smallest absolute Gasteiger partial charge is 0.118 e. The van der Waals surface area contributed by atoms with Crippen molar-refractivity contribution in [3.8, 4) is 5.75 Å². The first-order valence-corrected chi connectivity index (χ1v) is 6.12. The summed E-state index contributed by atoms with van der Waals surface area (Å²) in [5.74, 6) is 0.891. The fourth-order valence-electron chi connectivity index (χ4n) is 1.72. The molecule has 0 saturated carbocycles. The molecule has 1 unspecified atom stereocenters. The molecule has 0 aliphatic heterocycles. The highest BCUT2D eigenvalue weighted by atomic mass is 16.5. The van der Waals surface area contributed by atoms with Crippen LogP contribution in [0, 0.1) is 0 Å². The highest BCUT2D eigenvalue weighted by molar-refractivity contribution is 5.29. The van der Waals surface area contributed by atoms with Gasteiger partial charge in [0.25, 0.3) is 0 Å². The van der Waals surface area contributed by atoms with Crippen LogP contribution in [0.25, 0.3) is 0 Å². The van der Waals surface area contributed by atoms with Crippen LogP contribution in [0.3, 0.4) is 0 Å². The number of hydrogen-bond acceptors (Lipinski definition) is 3. The van der Waals surface area contributed by atoms with E-state index in [-0.39, 0.29) is 5.54 Å². The Bertz CT molecular complexity index is 327. The van der Waals surface area contributed by atoms with Crippen molar-refractivity contribution in [1.29, 1.82) is 0 Å². The number of ether oxygens (including phenoxy) is 1. The molecule has 0 heterocycles. The zero-order valence-electron chi connectivity index (χ0n) is 11.3. The molecule has 0 aliphatic rings. The second-order valence-corrected chi connectivity index (χ2v) is 5.10. The summed E-state index contributed by atoms with van der Waals surface area (Å²) in [6.45, 7) is 7.03. The Hall–Kier alpha value is -1.06. The predicted octanol–water partition coefficient (Wildman–Crippen LogP) is 2.47. The summed E-state index contributed by atoms with van der Waals surface area (Å²) in [6, 6.07) is 8.54. The summed E-state index contributed by atoms with van der Waals surface area (Å²) < 4.78 is 5.16. The molecule has 96 valence electrons. The molecular formula is C14H24N2O. The number of rotatable bonds is 6. The third-order valence-corrected chi connectivity index (χ3v) is 2.73. The summed E-state index contributed by atoms with van der Waals surface area (Å²) >= 11 is 0. The minimum atomic E-state index is -0.181. The van der Waals surface area contributed by atoms with Crippen LogP contribution >= 0.6 is 0 Å². The van der Waals surface area contributed by atoms with Gasteiger partial charge in [0.05, 0.1) is 7.11 Å². The van der Waals surface area contributed by atoms with Crippen molar-refractivity contribution in [2.75, 3.05) is 13.7 Å². The van der Waals surface area contributed by atoms with E-state index < -0.39 is 0 Å². The Morgan fingerprint density at radius 2 is 1.88 bits per heavy atom. The molecule has 1 aromatic carbocycles. The van der Waals surface area contributed by atoms with E-state index in [4.69, 9.17) is 10.5 Å². The van der Waals surface area contributed by atoms with Crippen LogP contribution in [-0.2, 0) is 0 Å². The topological polar surface area (TPSA) is 47.3 Å². The van der Waals surface area contributed by atoms with E-state index in [0.717, 1.165) is 18.7 Å². The second kappa shape index (κ2) is 6.03. The Labute approximate surface area is 104 Å². The van der Waals surface area contributed by atoms with Gasteiger partial charge in [0.1, 0.15) is 5.75 Å². The van der Waals surface area contributed by atoms with E-state index >= 15 is 0 Å². The van der Waals surface area contributed by atoms with Crippen LogP contribution in [0.15, 0.2) is 24.3 Å². The SMILES string of the molecule is CCC(NCC(C)(C)N)c1ccc(OC)cc1. The van der Waals surface area contributed by atoms with Crippen LogP contribution in [0.4, 0.5) is 0 Å². The molecule has 0 aliphatic carbocycles. The molecule has 0 saturated heterocycles. The van der Waals surface area contributed by atoms with Crippen LogP contribution < -0.4 is 15.8 Å². The van der Waals surface area contributed by atoms with E-state index in [1.165, 1.54) is 5.56 Å².